The molecule has 10 heavy (non-hydrogen) atoms. The first-order chi connectivity index (χ1) is 4.46. The van der Waals surface area contributed by atoms with Gasteiger partial charge in [0, 0.05) is 12.6 Å². The normalized spacial score (nSPS) is 8.90. The van der Waals surface area contributed by atoms with E-state index in [1.807, 2.05) is 13.8 Å². The Morgan fingerprint density at radius 1 is 1.30 bits per heavy atom. The smallest absolute Gasteiger partial charge is 0.263 e. The Kier molecular flexibility index (Phi) is 3.09. The molecule has 3 nitrogen and oxygen atoms in total. The van der Waals surface area contributed by atoms with E-state index in [1.165, 1.54) is 7.05 Å². The summed E-state index contributed by atoms with van der Waals surface area (Å²) in [6.45, 7) is 5.54. The Bertz CT molecular complexity index is 166. The van der Waals surface area contributed by atoms with Crippen LogP contribution in [0.5, 0.6) is 0 Å². The van der Waals surface area contributed by atoms with Crippen molar-refractivity contribution in [2.45, 2.75) is 20.8 Å². The van der Waals surface area contributed by atoms with Crippen molar-refractivity contribution in [3.8, 4) is 0 Å². The number of nitrogens with two attached hydrogens (primary N) is 1. The lowest BCUT2D eigenvalue weighted by Gasteiger charge is -2.10. The molecule has 0 heterocycles. The molecule has 0 bridgehead atoms. The van der Waals surface area contributed by atoms with Crippen LogP contribution in [0.15, 0.2) is 11.1 Å². The SMILES string of the molecule is CC(C)=C(C)C(=O)N(C)N. The maximum absolute atomic E-state index is 11.0. The van der Waals surface area contributed by atoms with Gasteiger partial charge in [-0.15, -0.1) is 0 Å². The highest BCUT2D eigenvalue weighted by molar-refractivity contribution is 5.92. The lowest BCUT2D eigenvalue weighted by molar-refractivity contribution is -0.126. The molecule has 0 aliphatic rings. The number of hydrazine groups is 1. The summed E-state index contributed by atoms with van der Waals surface area (Å²) in [5.74, 6) is 5.10. The Morgan fingerprint density at radius 3 is 1.80 bits per heavy atom. The van der Waals surface area contributed by atoms with Crippen molar-refractivity contribution in [3.05, 3.63) is 11.1 Å². The minimum atomic E-state index is -0.125. The Hall–Kier alpha value is -0.830. The van der Waals surface area contributed by atoms with Gasteiger partial charge in [0.15, 0.2) is 0 Å². The summed E-state index contributed by atoms with van der Waals surface area (Å²) in [6.07, 6.45) is 0. The third kappa shape index (κ3) is 2.19. The highest BCUT2D eigenvalue weighted by Crippen LogP contribution is 2.02. The minimum absolute atomic E-state index is 0.125. The summed E-state index contributed by atoms with van der Waals surface area (Å²) < 4.78 is 0. The van der Waals surface area contributed by atoms with Crippen LogP contribution in [-0.4, -0.2) is 18.0 Å². The highest BCUT2D eigenvalue weighted by atomic mass is 16.2. The molecule has 1 amide bonds. The first-order valence-electron chi connectivity index (χ1n) is 3.13. The Balaban J connectivity index is 4.38. The molecule has 0 saturated heterocycles. The van der Waals surface area contributed by atoms with Gasteiger partial charge in [0.25, 0.3) is 5.91 Å². The predicted octanol–water partition coefficient (Wildman–Crippen LogP) is 0.675. The highest BCUT2D eigenvalue weighted by Gasteiger charge is 2.06. The molecule has 0 spiro atoms. The van der Waals surface area contributed by atoms with Crippen LogP contribution in [0.3, 0.4) is 0 Å². The van der Waals surface area contributed by atoms with Gasteiger partial charge in [-0.25, -0.2) is 5.84 Å². The fraction of sp³-hybridized carbons (Fsp3) is 0.571. The zero-order valence-electron chi connectivity index (χ0n) is 6.93. The second kappa shape index (κ2) is 3.37. The third-order valence-corrected chi connectivity index (χ3v) is 1.39. The van der Waals surface area contributed by atoms with Crippen molar-refractivity contribution in [2.24, 2.45) is 5.84 Å². The molecule has 3 heteroatoms. The van der Waals surface area contributed by atoms with Crippen LogP contribution in [0, 0.1) is 0 Å². The van der Waals surface area contributed by atoms with Gasteiger partial charge in [-0.2, -0.15) is 0 Å². The standard InChI is InChI=1S/C7H14N2O/c1-5(2)6(3)7(10)9(4)8/h8H2,1-4H3. The molecule has 0 atom stereocenters. The second-order valence-electron chi connectivity index (χ2n) is 2.54. The summed E-state index contributed by atoms with van der Waals surface area (Å²) in [5.41, 5.74) is 1.72. The number of amides is 1. The molecule has 0 aliphatic carbocycles. The van der Waals surface area contributed by atoms with E-state index < -0.39 is 0 Å². The quantitative estimate of drug-likeness (QED) is 0.253. The monoisotopic (exact) mass is 142 g/mol. The van der Waals surface area contributed by atoms with Crippen molar-refractivity contribution < 1.29 is 4.79 Å². The molecule has 0 fully saturated rings. The van der Waals surface area contributed by atoms with Crippen LogP contribution >= 0.6 is 0 Å². The van der Waals surface area contributed by atoms with Crippen molar-refractivity contribution in [1.29, 1.82) is 0 Å². The van der Waals surface area contributed by atoms with E-state index in [0.717, 1.165) is 10.6 Å². The summed E-state index contributed by atoms with van der Waals surface area (Å²) in [5, 5.41) is 1.09. The molecule has 0 rings (SSSR count). The van der Waals surface area contributed by atoms with E-state index >= 15 is 0 Å². The third-order valence-electron chi connectivity index (χ3n) is 1.39. The van der Waals surface area contributed by atoms with Gasteiger partial charge in [0.1, 0.15) is 0 Å². The lowest BCUT2D eigenvalue weighted by atomic mass is 10.2. The number of hydrogen-bond acceptors (Lipinski definition) is 2. The van der Waals surface area contributed by atoms with E-state index in [-0.39, 0.29) is 5.91 Å². The predicted molar refractivity (Wildman–Crippen MR) is 41.0 cm³/mol. The Labute approximate surface area is 61.5 Å². The van der Waals surface area contributed by atoms with Crippen LogP contribution < -0.4 is 5.84 Å². The first kappa shape index (κ1) is 9.17. The van der Waals surface area contributed by atoms with Crippen LogP contribution in [-0.2, 0) is 4.79 Å². The molecule has 58 valence electrons. The zero-order valence-corrected chi connectivity index (χ0v) is 6.93. The second-order valence-corrected chi connectivity index (χ2v) is 2.54. The fourth-order valence-electron chi connectivity index (χ4n) is 0.478. The molecule has 0 unspecified atom stereocenters. The minimum Gasteiger partial charge on any atom is -0.280 e. The lowest BCUT2D eigenvalue weighted by Crippen LogP contribution is -2.33. The van der Waals surface area contributed by atoms with Gasteiger partial charge in [-0.1, -0.05) is 5.57 Å². The van der Waals surface area contributed by atoms with Crippen LogP contribution in [0.25, 0.3) is 0 Å². The summed E-state index contributed by atoms with van der Waals surface area (Å²) in [7, 11) is 1.54. The average Bonchev–Trinajstić information content (AvgIpc) is 1.84. The summed E-state index contributed by atoms with van der Waals surface area (Å²) in [6, 6.07) is 0. The van der Waals surface area contributed by atoms with Crippen molar-refractivity contribution >= 4 is 5.91 Å². The van der Waals surface area contributed by atoms with Gasteiger partial charge in [0.05, 0.1) is 0 Å². The van der Waals surface area contributed by atoms with Crippen molar-refractivity contribution in [3.63, 3.8) is 0 Å². The number of carbonyl (C=O) groups is 1. The van der Waals surface area contributed by atoms with Gasteiger partial charge in [0.2, 0.25) is 0 Å². The van der Waals surface area contributed by atoms with E-state index in [9.17, 15) is 4.79 Å². The van der Waals surface area contributed by atoms with E-state index in [0.29, 0.717) is 5.57 Å². The molecule has 0 aromatic rings. The van der Waals surface area contributed by atoms with Crippen LogP contribution in [0.1, 0.15) is 20.8 Å². The number of allylic oxidation sites excluding steroid dienone is 1. The summed E-state index contributed by atoms with van der Waals surface area (Å²) >= 11 is 0. The van der Waals surface area contributed by atoms with Crippen LogP contribution in [0.2, 0.25) is 0 Å². The van der Waals surface area contributed by atoms with E-state index in [1.54, 1.807) is 6.92 Å². The topological polar surface area (TPSA) is 46.3 Å². The van der Waals surface area contributed by atoms with Gasteiger partial charge >= 0.3 is 0 Å². The van der Waals surface area contributed by atoms with Crippen LogP contribution in [0.4, 0.5) is 0 Å². The zero-order chi connectivity index (χ0) is 8.31. The van der Waals surface area contributed by atoms with E-state index in [4.69, 9.17) is 5.84 Å². The molecule has 0 aliphatic heterocycles. The molecule has 0 aromatic carbocycles. The summed E-state index contributed by atoms with van der Waals surface area (Å²) in [4.78, 5) is 11.0. The average molecular weight is 142 g/mol. The molecule has 0 aromatic heterocycles. The van der Waals surface area contributed by atoms with Gasteiger partial charge in [-0.3, -0.25) is 9.80 Å². The number of nitrogens with zero attached hydrogens (tertiary/aromatic N) is 1. The number of carbonyl (C=O) groups excluding carboxylic acids is 1. The van der Waals surface area contributed by atoms with Gasteiger partial charge < -0.3 is 0 Å². The molecule has 2 N–H and O–H groups in total. The fourth-order valence-corrected chi connectivity index (χ4v) is 0.478. The maximum Gasteiger partial charge on any atom is 0.263 e. The van der Waals surface area contributed by atoms with Crippen molar-refractivity contribution in [1.82, 2.24) is 5.01 Å². The number of rotatable bonds is 1. The van der Waals surface area contributed by atoms with Crippen molar-refractivity contribution in [2.75, 3.05) is 7.05 Å². The molecular formula is C7H14N2O. The molecule has 0 radical (unpaired) electrons. The molecule has 0 saturated carbocycles. The number of likely N-dealkylation sites (N-methyl/N-ethyl adjacent to an activating group) is 1. The largest absolute Gasteiger partial charge is 0.280 e. The Morgan fingerprint density at radius 2 is 1.70 bits per heavy atom. The maximum atomic E-state index is 11.0. The molecular weight excluding hydrogens is 128 g/mol. The first-order valence-corrected chi connectivity index (χ1v) is 3.13. The number of hydrogen-bond donors (Lipinski definition) is 1. The van der Waals surface area contributed by atoms with Gasteiger partial charge in [-0.05, 0) is 20.8 Å². The van der Waals surface area contributed by atoms with E-state index in [2.05, 4.69) is 0 Å².